The molecule has 14 heavy (non-hydrogen) atoms. The molecule has 0 fully saturated rings. The summed E-state index contributed by atoms with van der Waals surface area (Å²) in [4.78, 5) is 36.4. The Morgan fingerprint density at radius 3 is 0.643 bits per heavy atom. The van der Waals surface area contributed by atoms with Crippen molar-refractivity contribution < 1.29 is 73.2 Å². The number of carboxylic acid groups (broad SMARTS) is 4. The third kappa shape index (κ3) is 22.4. The minimum atomic E-state index is -1.82. The molecule has 0 aliphatic carbocycles. The zero-order chi connectivity index (χ0) is 10.3. The number of aliphatic carboxylic acids is 4. The van der Waals surface area contributed by atoms with E-state index in [9.17, 15) is 0 Å². The van der Waals surface area contributed by atoms with Crippen molar-refractivity contribution in [1.82, 2.24) is 0 Å². The average molecular weight is 302 g/mol. The van der Waals surface area contributed by atoms with Crippen LogP contribution in [0.1, 0.15) is 0 Å². The van der Waals surface area contributed by atoms with Crippen LogP contribution in [0.25, 0.3) is 0 Å². The predicted molar refractivity (Wildman–Crippen MR) is 30.5 cm³/mol. The van der Waals surface area contributed by atoms with Crippen LogP contribution in [0.3, 0.4) is 0 Å². The Balaban J connectivity index is -0.0000000625. The summed E-state index contributed by atoms with van der Waals surface area (Å²) in [5.74, 6) is -7.30. The Hall–Kier alpha value is -1.11. The quantitative estimate of drug-likeness (QED) is 0.306. The third-order valence-electron chi connectivity index (χ3n) is 0.366. The molecule has 0 atom stereocenters. The molecule has 0 bridgehead atoms. The van der Waals surface area contributed by atoms with Gasteiger partial charge in [0.05, 0.1) is 0 Å². The van der Waals surface area contributed by atoms with Crippen LogP contribution in [-0.2, 0) is 52.7 Å². The maximum absolute atomic E-state index is 9.10. The Bertz CT molecular complexity index is 177. The molecule has 0 spiro atoms. The van der Waals surface area contributed by atoms with Crippen LogP contribution in [0.2, 0.25) is 0 Å². The fourth-order valence-corrected chi connectivity index (χ4v) is 0. The van der Waals surface area contributed by atoms with Gasteiger partial charge < -0.3 is 20.4 Å². The van der Waals surface area contributed by atoms with Crippen molar-refractivity contribution >= 4 is 23.9 Å². The Morgan fingerprint density at radius 1 is 0.571 bits per heavy atom. The van der Waals surface area contributed by atoms with Gasteiger partial charge in [0.25, 0.3) is 0 Å². The molecule has 0 amide bonds. The zero-order valence-electron chi connectivity index (χ0n) is 6.04. The second-order valence-electron chi connectivity index (χ2n) is 1.22. The molecule has 0 aliphatic heterocycles. The Labute approximate surface area is 97.3 Å². The van der Waals surface area contributed by atoms with Gasteiger partial charge in [-0.25, -0.2) is 19.2 Å². The van der Waals surface area contributed by atoms with Crippen LogP contribution in [0, 0.1) is 0 Å². The summed E-state index contributed by atoms with van der Waals surface area (Å²) in [7, 11) is 0. The minimum absolute atomic E-state index is 0. The third-order valence-corrected chi connectivity index (χ3v) is 0.366. The van der Waals surface area contributed by atoms with Crippen molar-refractivity contribution in [2.75, 3.05) is 0 Å². The molecule has 0 heterocycles. The minimum Gasteiger partial charge on any atom is -0.473 e. The van der Waals surface area contributed by atoms with Gasteiger partial charge in [-0.05, 0) is 0 Å². The van der Waals surface area contributed by atoms with E-state index in [-0.39, 0.29) is 33.6 Å². The van der Waals surface area contributed by atoms with E-state index in [0.29, 0.717) is 0 Å². The van der Waals surface area contributed by atoms with Gasteiger partial charge >= 0.3 is 23.9 Å². The van der Waals surface area contributed by atoms with Crippen LogP contribution in [0.5, 0.6) is 0 Å². The SMILES string of the molecule is O=C(O)C(=O)O.O=C(O)C(=O)O.[Cu].[Ni]. The monoisotopic (exact) mass is 301 g/mol. The number of hydrogen-bond donors (Lipinski definition) is 4. The van der Waals surface area contributed by atoms with E-state index in [4.69, 9.17) is 39.6 Å². The van der Waals surface area contributed by atoms with Gasteiger partial charge in [0.1, 0.15) is 0 Å². The van der Waals surface area contributed by atoms with E-state index < -0.39 is 23.9 Å². The van der Waals surface area contributed by atoms with Gasteiger partial charge in [0.15, 0.2) is 0 Å². The zero-order valence-corrected chi connectivity index (χ0v) is 7.97. The summed E-state index contributed by atoms with van der Waals surface area (Å²) in [6, 6.07) is 0. The van der Waals surface area contributed by atoms with E-state index >= 15 is 0 Å². The maximum atomic E-state index is 9.10. The van der Waals surface area contributed by atoms with Gasteiger partial charge in [-0.3, -0.25) is 0 Å². The topological polar surface area (TPSA) is 149 Å². The van der Waals surface area contributed by atoms with Gasteiger partial charge in [-0.15, -0.1) is 0 Å². The van der Waals surface area contributed by atoms with Crippen molar-refractivity contribution in [3.8, 4) is 0 Å². The summed E-state index contributed by atoms with van der Waals surface area (Å²) in [5.41, 5.74) is 0. The second kappa shape index (κ2) is 11.9. The first-order valence-corrected chi connectivity index (χ1v) is 2.21. The van der Waals surface area contributed by atoms with Gasteiger partial charge in [-0.1, -0.05) is 0 Å². The smallest absolute Gasteiger partial charge is 0.414 e. The number of carboxylic acids is 4. The summed E-state index contributed by atoms with van der Waals surface area (Å²) in [6.07, 6.45) is 0. The average Bonchev–Trinajstić information content (AvgIpc) is 1.88. The molecular formula is C4H4CuNiO8. The maximum Gasteiger partial charge on any atom is 0.414 e. The molecule has 10 heteroatoms. The molecule has 4 N–H and O–H groups in total. The molecule has 0 aromatic heterocycles. The van der Waals surface area contributed by atoms with Gasteiger partial charge in [0, 0.05) is 33.6 Å². The van der Waals surface area contributed by atoms with Crippen LogP contribution in [0.15, 0.2) is 0 Å². The second-order valence-corrected chi connectivity index (χ2v) is 1.22. The summed E-state index contributed by atoms with van der Waals surface area (Å²) in [6.45, 7) is 0. The van der Waals surface area contributed by atoms with Crippen LogP contribution in [-0.4, -0.2) is 44.3 Å². The Morgan fingerprint density at radius 2 is 0.643 bits per heavy atom. The molecule has 0 rings (SSSR count). The molecule has 8 nitrogen and oxygen atoms in total. The fourth-order valence-electron chi connectivity index (χ4n) is 0. The van der Waals surface area contributed by atoms with Crippen LogP contribution >= 0.6 is 0 Å². The van der Waals surface area contributed by atoms with E-state index in [0.717, 1.165) is 0 Å². The molecule has 0 aliphatic rings. The molecule has 0 unspecified atom stereocenters. The first-order chi connectivity index (χ1) is 5.29. The fraction of sp³-hybridized carbons (Fsp3) is 0. The van der Waals surface area contributed by atoms with Crippen molar-refractivity contribution in [2.24, 2.45) is 0 Å². The van der Waals surface area contributed by atoms with Crippen LogP contribution in [0.4, 0.5) is 0 Å². The number of rotatable bonds is 0. The van der Waals surface area contributed by atoms with Crippen molar-refractivity contribution in [3.63, 3.8) is 0 Å². The molecule has 0 saturated heterocycles. The first kappa shape index (κ1) is 23.1. The molecule has 1 radical (unpaired) electrons. The Kier molecular flexibility index (Phi) is 19.6. The van der Waals surface area contributed by atoms with Crippen molar-refractivity contribution in [3.05, 3.63) is 0 Å². The van der Waals surface area contributed by atoms with E-state index in [1.54, 1.807) is 0 Å². The molecule has 89 valence electrons. The molecule has 0 aromatic rings. The largest absolute Gasteiger partial charge is 0.473 e. The first-order valence-electron chi connectivity index (χ1n) is 2.21. The van der Waals surface area contributed by atoms with Gasteiger partial charge in [-0.2, -0.15) is 0 Å². The normalized spacial score (nSPS) is 6.29. The number of hydrogen-bond acceptors (Lipinski definition) is 4. The summed E-state index contributed by atoms with van der Waals surface area (Å²) < 4.78 is 0. The summed E-state index contributed by atoms with van der Waals surface area (Å²) in [5, 5.41) is 29.6. The standard InChI is InChI=1S/2C2H2O4.Cu.Ni/c2*3-1(4)2(5)6;;/h2*(H,3,4)(H,5,6);;. The van der Waals surface area contributed by atoms with E-state index in [1.165, 1.54) is 0 Å². The number of carbonyl (C=O) groups is 4. The predicted octanol–water partition coefficient (Wildman–Crippen LogP) is -1.69. The van der Waals surface area contributed by atoms with E-state index in [1.807, 2.05) is 0 Å². The molecular weight excluding hydrogens is 298 g/mol. The van der Waals surface area contributed by atoms with Gasteiger partial charge in [0.2, 0.25) is 0 Å². The molecule has 0 aromatic carbocycles. The molecule has 0 saturated carbocycles. The van der Waals surface area contributed by atoms with Crippen LogP contribution < -0.4 is 0 Å². The summed E-state index contributed by atoms with van der Waals surface area (Å²) >= 11 is 0. The van der Waals surface area contributed by atoms with Crippen molar-refractivity contribution in [2.45, 2.75) is 0 Å². The van der Waals surface area contributed by atoms with E-state index in [2.05, 4.69) is 0 Å². The van der Waals surface area contributed by atoms with Crippen molar-refractivity contribution in [1.29, 1.82) is 0 Å².